The molecule has 0 unspecified atom stereocenters. The van der Waals surface area contributed by atoms with Gasteiger partial charge in [-0.1, -0.05) is 6.07 Å². The molecule has 0 radical (unpaired) electrons. The summed E-state index contributed by atoms with van der Waals surface area (Å²) >= 11 is 0.917. The largest absolute Gasteiger partial charge is 0.393 e. The topological polar surface area (TPSA) is 141 Å². The van der Waals surface area contributed by atoms with Gasteiger partial charge in [0.2, 0.25) is 0 Å². The summed E-state index contributed by atoms with van der Waals surface area (Å²) in [5, 5.41) is 11.1. The highest BCUT2D eigenvalue weighted by Gasteiger charge is 2.19. The molecule has 2 rings (SSSR count). The molecule has 0 fully saturated rings. The number of benzene rings is 1. The molecule has 1 aromatic carbocycles. The fourth-order valence-corrected chi connectivity index (χ4v) is 2.37. The molecule has 0 aliphatic heterocycles. The predicted molar refractivity (Wildman–Crippen MR) is 70.9 cm³/mol. The standard InChI is InChI=1S/C10H9N5O3S/c11-5-2-1-3-6(9(5)15(17)18)19-10-13-7(12)4-8(16)14-10/h1-4H,11H2,(H3,12,13,14,16). The summed E-state index contributed by atoms with van der Waals surface area (Å²) in [7, 11) is 0. The molecule has 9 heteroatoms. The first-order valence-electron chi connectivity index (χ1n) is 5.05. The zero-order valence-electron chi connectivity index (χ0n) is 9.49. The average molecular weight is 279 g/mol. The second-order valence-corrected chi connectivity index (χ2v) is 4.56. The number of anilines is 2. The summed E-state index contributed by atoms with van der Waals surface area (Å²) in [4.78, 5) is 28.2. The van der Waals surface area contributed by atoms with Crippen molar-refractivity contribution in [2.24, 2.45) is 0 Å². The fourth-order valence-electron chi connectivity index (χ4n) is 1.42. The van der Waals surface area contributed by atoms with E-state index in [9.17, 15) is 14.9 Å². The van der Waals surface area contributed by atoms with Crippen molar-refractivity contribution in [2.45, 2.75) is 10.1 Å². The van der Waals surface area contributed by atoms with Crippen LogP contribution in [0.15, 0.2) is 39.1 Å². The highest BCUT2D eigenvalue weighted by atomic mass is 32.2. The Balaban J connectivity index is 2.46. The van der Waals surface area contributed by atoms with E-state index in [0.717, 1.165) is 17.8 Å². The van der Waals surface area contributed by atoms with Crippen LogP contribution >= 0.6 is 11.8 Å². The molecule has 0 aliphatic rings. The van der Waals surface area contributed by atoms with Crippen molar-refractivity contribution < 1.29 is 4.92 Å². The predicted octanol–water partition coefficient (Wildman–Crippen LogP) is 0.994. The normalized spacial score (nSPS) is 10.3. The molecule has 1 heterocycles. The SMILES string of the molecule is Nc1cc(=O)[nH]c(Sc2cccc(N)c2[N+](=O)[O-])n1. The minimum absolute atomic E-state index is 0.0396. The maximum atomic E-state index is 11.2. The second kappa shape index (κ2) is 4.98. The monoisotopic (exact) mass is 279 g/mol. The number of hydrogen-bond donors (Lipinski definition) is 3. The molecule has 5 N–H and O–H groups in total. The number of para-hydroxylation sites is 1. The van der Waals surface area contributed by atoms with Crippen LogP contribution in [-0.4, -0.2) is 14.9 Å². The molecule has 0 saturated carbocycles. The molecule has 19 heavy (non-hydrogen) atoms. The summed E-state index contributed by atoms with van der Waals surface area (Å²) in [6, 6.07) is 5.65. The van der Waals surface area contributed by atoms with Gasteiger partial charge in [0, 0.05) is 6.07 Å². The fraction of sp³-hybridized carbons (Fsp3) is 0. The van der Waals surface area contributed by atoms with Gasteiger partial charge in [-0.05, 0) is 23.9 Å². The first kappa shape index (κ1) is 12.9. The smallest absolute Gasteiger partial charge is 0.306 e. The highest BCUT2D eigenvalue weighted by Crippen LogP contribution is 2.36. The maximum absolute atomic E-state index is 11.2. The third-order valence-corrected chi connectivity index (χ3v) is 3.10. The Morgan fingerprint density at radius 3 is 2.74 bits per heavy atom. The number of nitrogens with one attached hydrogen (secondary N) is 1. The molecule has 1 aromatic heterocycles. The van der Waals surface area contributed by atoms with Crippen LogP contribution in [-0.2, 0) is 0 Å². The van der Waals surface area contributed by atoms with Gasteiger partial charge in [-0.3, -0.25) is 14.9 Å². The van der Waals surface area contributed by atoms with Gasteiger partial charge >= 0.3 is 5.69 Å². The lowest BCUT2D eigenvalue weighted by molar-refractivity contribution is -0.386. The average Bonchev–Trinajstić information content (AvgIpc) is 2.26. The van der Waals surface area contributed by atoms with Crippen LogP contribution in [0, 0.1) is 10.1 Å². The highest BCUT2D eigenvalue weighted by molar-refractivity contribution is 7.99. The number of aromatic amines is 1. The summed E-state index contributed by atoms with van der Waals surface area (Å²) < 4.78 is 0. The van der Waals surface area contributed by atoms with Crippen molar-refractivity contribution in [3.63, 3.8) is 0 Å². The van der Waals surface area contributed by atoms with Crippen molar-refractivity contribution in [1.82, 2.24) is 9.97 Å². The lowest BCUT2D eigenvalue weighted by Crippen LogP contribution is -2.09. The Hall–Kier alpha value is -2.55. The zero-order valence-corrected chi connectivity index (χ0v) is 10.3. The first-order chi connectivity index (χ1) is 8.97. The molecular formula is C10H9N5O3S. The summed E-state index contributed by atoms with van der Waals surface area (Å²) in [6.45, 7) is 0. The van der Waals surface area contributed by atoms with E-state index in [-0.39, 0.29) is 27.2 Å². The summed E-state index contributed by atoms with van der Waals surface area (Å²) in [6.07, 6.45) is 0. The molecule has 0 spiro atoms. The lowest BCUT2D eigenvalue weighted by atomic mass is 10.3. The van der Waals surface area contributed by atoms with E-state index in [1.807, 2.05) is 0 Å². The minimum Gasteiger partial charge on any atom is -0.393 e. The van der Waals surface area contributed by atoms with E-state index in [4.69, 9.17) is 11.5 Å². The number of nitro benzene ring substituents is 1. The second-order valence-electron chi connectivity index (χ2n) is 3.53. The molecule has 2 aromatic rings. The van der Waals surface area contributed by atoms with Crippen molar-refractivity contribution in [3.8, 4) is 0 Å². The number of rotatable bonds is 3. The van der Waals surface area contributed by atoms with Gasteiger partial charge in [0.1, 0.15) is 11.5 Å². The number of nitrogens with zero attached hydrogens (tertiary/aromatic N) is 2. The van der Waals surface area contributed by atoms with Crippen molar-refractivity contribution >= 4 is 29.0 Å². The Morgan fingerprint density at radius 2 is 2.11 bits per heavy atom. The zero-order chi connectivity index (χ0) is 14.0. The van der Waals surface area contributed by atoms with E-state index >= 15 is 0 Å². The van der Waals surface area contributed by atoms with Crippen molar-refractivity contribution in [3.05, 3.63) is 44.7 Å². The van der Waals surface area contributed by atoms with Gasteiger partial charge in [-0.15, -0.1) is 0 Å². The molecule has 8 nitrogen and oxygen atoms in total. The van der Waals surface area contributed by atoms with Gasteiger partial charge < -0.3 is 16.5 Å². The maximum Gasteiger partial charge on any atom is 0.306 e. The van der Waals surface area contributed by atoms with E-state index in [2.05, 4.69) is 9.97 Å². The number of nitro groups is 1. The van der Waals surface area contributed by atoms with Gasteiger partial charge in [0.05, 0.1) is 9.82 Å². The number of nitrogens with two attached hydrogens (primary N) is 2. The molecule has 0 aliphatic carbocycles. The minimum atomic E-state index is -0.581. The van der Waals surface area contributed by atoms with Crippen LogP contribution in [0.3, 0.4) is 0 Å². The molecule has 98 valence electrons. The Labute approximate surface area is 111 Å². The molecule has 0 atom stereocenters. The third kappa shape index (κ3) is 2.83. The van der Waals surface area contributed by atoms with Crippen molar-refractivity contribution in [2.75, 3.05) is 11.5 Å². The summed E-state index contributed by atoms with van der Waals surface area (Å²) in [5.74, 6) is 0.0396. The van der Waals surface area contributed by atoms with E-state index in [1.54, 1.807) is 6.07 Å². The van der Waals surface area contributed by atoms with Gasteiger partial charge in [-0.2, -0.15) is 0 Å². The van der Waals surface area contributed by atoms with Gasteiger partial charge in [0.25, 0.3) is 5.56 Å². The third-order valence-electron chi connectivity index (χ3n) is 2.16. The first-order valence-corrected chi connectivity index (χ1v) is 5.86. The van der Waals surface area contributed by atoms with Crippen LogP contribution in [0.5, 0.6) is 0 Å². The molecule has 0 bridgehead atoms. The van der Waals surface area contributed by atoms with E-state index in [1.165, 1.54) is 12.1 Å². The number of aromatic nitrogens is 2. The lowest BCUT2D eigenvalue weighted by Gasteiger charge is -2.04. The quantitative estimate of drug-likeness (QED) is 0.329. The van der Waals surface area contributed by atoms with Crippen LogP contribution in [0.4, 0.5) is 17.2 Å². The van der Waals surface area contributed by atoms with Gasteiger partial charge in [0.15, 0.2) is 5.16 Å². The molecular weight excluding hydrogens is 270 g/mol. The Kier molecular flexibility index (Phi) is 3.38. The van der Waals surface area contributed by atoms with Gasteiger partial charge in [-0.25, -0.2) is 4.98 Å². The molecule has 0 amide bonds. The van der Waals surface area contributed by atoms with Crippen molar-refractivity contribution in [1.29, 1.82) is 0 Å². The van der Waals surface area contributed by atoms with Crippen LogP contribution < -0.4 is 17.0 Å². The number of H-pyrrole nitrogens is 1. The van der Waals surface area contributed by atoms with Crippen LogP contribution in [0.1, 0.15) is 0 Å². The number of nitrogen functional groups attached to an aromatic ring is 2. The molecule has 0 saturated heterocycles. The van der Waals surface area contributed by atoms with Crippen LogP contribution in [0.2, 0.25) is 0 Å². The van der Waals surface area contributed by atoms with E-state index < -0.39 is 10.5 Å². The Bertz CT molecular complexity index is 700. The van der Waals surface area contributed by atoms with Crippen LogP contribution in [0.25, 0.3) is 0 Å². The summed E-state index contributed by atoms with van der Waals surface area (Å²) in [5.41, 5.74) is 10.4. The van der Waals surface area contributed by atoms with E-state index in [0.29, 0.717) is 0 Å². The Morgan fingerprint density at radius 1 is 1.37 bits per heavy atom. The number of hydrogen-bond acceptors (Lipinski definition) is 7.